The first-order chi connectivity index (χ1) is 14.6. The average molecular weight is 411 g/mol. The van der Waals surface area contributed by atoms with Crippen molar-refractivity contribution in [2.75, 3.05) is 47.9 Å². The molecule has 1 saturated heterocycles. The zero-order chi connectivity index (χ0) is 21.3. The third kappa shape index (κ3) is 5.89. The number of likely N-dealkylation sites (N-methyl/N-ethyl adjacent to an activating group) is 1. The van der Waals surface area contributed by atoms with E-state index in [4.69, 9.17) is 9.47 Å². The van der Waals surface area contributed by atoms with E-state index in [1.165, 1.54) is 5.56 Å². The van der Waals surface area contributed by atoms with Gasteiger partial charge in [0.1, 0.15) is 17.6 Å². The number of likely N-dealkylation sites (tertiary alicyclic amines) is 1. The van der Waals surface area contributed by atoms with Gasteiger partial charge in [0.2, 0.25) is 0 Å². The van der Waals surface area contributed by atoms with Gasteiger partial charge in [0, 0.05) is 39.5 Å². The monoisotopic (exact) mass is 410 g/mol. The number of hydrogen-bond acceptors (Lipinski definition) is 4. The molecule has 1 fully saturated rings. The first-order valence-electron chi connectivity index (χ1n) is 10.6. The molecule has 162 valence electrons. The van der Waals surface area contributed by atoms with Crippen molar-refractivity contribution in [2.24, 2.45) is 4.99 Å². The maximum atomic E-state index is 6.12. The van der Waals surface area contributed by atoms with E-state index in [-0.39, 0.29) is 12.1 Å². The Labute approximate surface area is 180 Å². The lowest BCUT2D eigenvalue weighted by Crippen LogP contribution is -2.49. The SMILES string of the molecule is CN=C(NCC(c1ccc(OC)cc1)N(C)C)N1CCC(Oc2ccccc2)CC1. The van der Waals surface area contributed by atoms with Gasteiger partial charge in [-0.25, -0.2) is 0 Å². The topological polar surface area (TPSA) is 49.3 Å². The summed E-state index contributed by atoms with van der Waals surface area (Å²) in [7, 11) is 7.75. The Bertz CT molecular complexity index is 785. The van der Waals surface area contributed by atoms with Crippen LogP contribution in [0.5, 0.6) is 11.5 Å². The molecule has 0 bridgehead atoms. The molecule has 1 unspecified atom stereocenters. The van der Waals surface area contributed by atoms with Crippen LogP contribution in [0.3, 0.4) is 0 Å². The third-order valence-electron chi connectivity index (χ3n) is 5.58. The lowest BCUT2D eigenvalue weighted by molar-refractivity contribution is 0.129. The summed E-state index contributed by atoms with van der Waals surface area (Å²) in [5, 5.41) is 3.57. The largest absolute Gasteiger partial charge is 0.497 e. The van der Waals surface area contributed by atoms with Crippen LogP contribution in [0.1, 0.15) is 24.4 Å². The number of benzene rings is 2. The van der Waals surface area contributed by atoms with E-state index in [1.54, 1.807) is 7.11 Å². The molecule has 0 aliphatic carbocycles. The number of para-hydroxylation sites is 1. The normalized spacial score (nSPS) is 16.4. The molecule has 30 heavy (non-hydrogen) atoms. The molecule has 1 N–H and O–H groups in total. The minimum Gasteiger partial charge on any atom is -0.497 e. The van der Waals surface area contributed by atoms with Gasteiger partial charge in [0.25, 0.3) is 0 Å². The second kappa shape index (κ2) is 10.9. The van der Waals surface area contributed by atoms with E-state index >= 15 is 0 Å². The van der Waals surface area contributed by atoms with Crippen molar-refractivity contribution in [1.29, 1.82) is 0 Å². The van der Waals surface area contributed by atoms with Crippen molar-refractivity contribution < 1.29 is 9.47 Å². The second-order valence-corrected chi connectivity index (χ2v) is 7.80. The summed E-state index contributed by atoms with van der Waals surface area (Å²) >= 11 is 0. The van der Waals surface area contributed by atoms with Crippen LogP contribution < -0.4 is 14.8 Å². The average Bonchev–Trinajstić information content (AvgIpc) is 2.78. The number of nitrogens with one attached hydrogen (secondary N) is 1. The Hall–Kier alpha value is -2.73. The van der Waals surface area contributed by atoms with Gasteiger partial charge in [0.05, 0.1) is 13.2 Å². The van der Waals surface area contributed by atoms with Crippen LogP contribution in [-0.4, -0.2) is 69.8 Å². The van der Waals surface area contributed by atoms with Crippen LogP contribution in [0.25, 0.3) is 0 Å². The summed E-state index contributed by atoms with van der Waals surface area (Å²) in [6.07, 6.45) is 2.24. The Balaban J connectivity index is 1.53. The van der Waals surface area contributed by atoms with E-state index in [1.807, 2.05) is 49.5 Å². The molecule has 2 aromatic rings. The molecule has 0 spiro atoms. The van der Waals surface area contributed by atoms with Gasteiger partial charge in [-0.2, -0.15) is 0 Å². The number of nitrogens with zero attached hydrogens (tertiary/aromatic N) is 3. The highest BCUT2D eigenvalue weighted by Gasteiger charge is 2.23. The summed E-state index contributed by atoms with van der Waals surface area (Å²) in [6, 6.07) is 18.6. The van der Waals surface area contributed by atoms with Gasteiger partial charge in [-0.3, -0.25) is 4.99 Å². The molecule has 0 amide bonds. The Kier molecular flexibility index (Phi) is 7.97. The number of ether oxygens (including phenoxy) is 2. The molecular formula is C24H34N4O2. The van der Waals surface area contributed by atoms with Crippen molar-refractivity contribution in [3.8, 4) is 11.5 Å². The highest BCUT2D eigenvalue weighted by molar-refractivity contribution is 5.80. The van der Waals surface area contributed by atoms with E-state index < -0.39 is 0 Å². The smallest absolute Gasteiger partial charge is 0.193 e. The Morgan fingerprint density at radius 3 is 2.30 bits per heavy atom. The summed E-state index contributed by atoms with van der Waals surface area (Å²) < 4.78 is 11.4. The summed E-state index contributed by atoms with van der Waals surface area (Å²) in [4.78, 5) is 9.07. The van der Waals surface area contributed by atoms with Crippen LogP contribution >= 0.6 is 0 Å². The quantitative estimate of drug-likeness (QED) is 0.560. The van der Waals surface area contributed by atoms with Gasteiger partial charge in [-0.15, -0.1) is 0 Å². The maximum absolute atomic E-state index is 6.12. The molecule has 1 aliphatic heterocycles. The molecule has 6 nitrogen and oxygen atoms in total. The fourth-order valence-corrected chi connectivity index (χ4v) is 3.82. The second-order valence-electron chi connectivity index (χ2n) is 7.80. The fraction of sp³-hybridized carbons (Fsp3) is 0.458. The van der Waals surface area contributed by atoms with Gasteiger partial charge in [-0.05, 0) is 43.9 Å². The van der Waals surface area contributed by atoms with Crippen molar-refractivity contribution in [3.05, 3.63) is 60.2 Å². The molecule has 3 rings (SSSR count). The highest BCUT2D eigenvalue weighted by atomic mass is 16.5. The van der Waals surface area contributed by atoms with Crippen molar-refractivity contribution in [1.82, 2.24) is 15.1 Å². The lowest BCUT2D eigenvalue weighted by Gasteiger charge is -2.35. The number of rotatable bonds is 7. The molecule has 0 aromatic heterocycles. The van der Waals surface area contributed by atoms with Crippen LogP contribution in [0.2, 0.25) is 0 Å². The molecular weight excluding hydrogens is 376 g/mol. The lowest BCUT2D eigenvalue weighted by atomic mass is 10.1. The number of aliphatic imine (C=N–C) groups is 1. The number of methoxy groups -OCH3 is 1. The molecule has 0 radical (unpaired) electrons. The first kappa shape index (κ1) is 22.0. The number of hydrogen-bond donors (Lipinski definition) is 1. The predicted octanol–water partition coefficient (Wildman–Crippen LogP) is 3.42. The zero-order valence-corrected chi connectivity index (χ0v) is 18.5. The van der Waals surface area contributed by atoms with Crippen LogP contribution in [-0.2, 0) is 0 Å². The summed E-state index contributed by atoms with van der Waals surface area (Å²) in [5.41, 5.74) is 1.25. The van der Waals surface area contributed by atoms with Crippen molar-refractivity contribution >= 4 is 5.96 Å². The van der Waals surface area contributed by atoms with Crippen LogP contribution in [0.15, 0.2) is 59.6 Å². The minimum absolute atomic E-state index is 0.242. The summed E-state index contributed by atoms with van der Waals surface area (Å²) in [5.74, 6) is 2.78. The standard InChI is InChI=1S/C24H34N4O2/c1-25-24(26-18-23(27(2)3)19-10-12-20(29-4)13-11-19)28-16-14-22(15-17-28)30-21-8-6-5-7-9-21/h5-13,22-23H,14-18H2,1-4H3,(H,25,26). The zero-order valence-electron chi connectivity index (χ0n) is 18.5. The van der Waals surface area contributed by atoms with Crippen molar-refractivity contribution in [3.63, 3.8) is 0 Å². The molecule has 6 heteroatoms. The molecule has 1 atom stereocenters. The highest BCUT2D eigenvalue weighted by Crippen LogP contribution is 2.22. The van der Waals surface area contributed by atoms with Crippen LogP contribution in [0, 0.1) is 0 Å². The van der Waals surface area contributed by atoms with Gasteiger partial charge >= 0.3 is 0 Å². The Morgan fingerprint density at radius 1 is 1.07 bits per heavy atom. The minimum atomic E-state index is 0.242. The van der Waals surface area contributed by atoms with Crippen molar-refractivity contribution in [2.45, 2.75) is 25.0 Å². The van der Waals surface area contributed by atoms with E-state index in [0.29, 0.717) is 0 Å². The first-order valence-corrected chi connectivity index (χ1v) is 10.6. The number of guanidine groups is 1. The van der Waals surface area contributed by atoms with E-state index in [2.05, 4.69) is 46.3 Å². The maximum Gasteiger partial charge on any atom is 0.193 e. The third-order valence-corrected chi connectivity index (χ3v) is 5.58. The number of piperidine rings is 1. The van der Waals surface area contributed by atoms with Crippen LogP contribution in [0.4, 0.5) is 0 Å². The van der Waals surface area contributed by atoms with Gasteiger partial charge in [0.15, 0.2) is 5.96 Å². The molecule has 1 aliphatic rings. The fourth-order valence-electron chi connectivity index (χ4n) is 3.82. The van der Waals surface area contributed by atoms with Gasteiger partial charge in [-0.1, -0.05) is 30.3 Å². The van der Waals surface area contributed by atoms with E-state index in [0.717, 1.165) is 49.9 Å². The molecule has 1 heterocycles. The molecule has 2 aromatic carbocycles. The Morgan fingerprint density at radius 2 is 1.73 bits per heavy atom. The summed E-state index contributed by atoms with van der Waals surface area (Å²) in [6.45, 7) is 2.66. The predicted molar refractivity (Wildman–Crippen MR) is 122 cm³/mol. The van der Waals surface area contributed by atoms with Gasteiger partial charge < -0.3 is 24.6 Å². The van der Waals surface area contributed by atoms with E-state index in [9.17, 15) is 0 Å². The molecule has 0 saturated carbocycles.